The Morgan fingerprint density at radius 3 is 2.69 bits per heavy atom. The van der Waals surface area contributed by atoms with Gasteiger partial charge in [-0.05, 0) is 17.9 Å². The molecule has 1 saturated heterocycles. The summed E-state index contributed by atoms with van der Waals surface area (Å²) in [6.45, 7) is 3.87. The van der Waals surface area contributed by atoms with Gasteiger partial charge in [0.1, 0.15) is 0 Å². The Hall–Kier alpha value is -1.31. The monoisotopic (exact) mass is 217 g/mol. The molecule has 2 nitrogen and oxygen atoms in total. The van der Waals surface area contributed by atoms with Crippen molar-refractivity contribution in [3.63, 3.8) is 0 Å². The number of carbonyl (C=O) groups excluding carboxylic acids is 1. The van der Waals surface area contributed by atoms with Crippen LogP contribution in [0.1, 0.15) is 31.7 Å². The van der Waals surface area contributed by atoms with Gasteiger partial charge in [0, 0.05) is 19.5 Å². The standard InChI is InChI=1S/C14H19NO/c1-2-12-8-9-15(14(16)10-12)11-13-6-4-3-5-7-13/h3-7,12H,2,8-11H2,1H3. The van der Waals surface area contributed by atoms with Crippen molar-refractivity contribution in [2.45, 2.75) is 32.7 Å². The molecule has 86 valence electrons. The average molecular weight is 217 g/mol. The minimum atomic E-state index is 0.321. The van der Waals surface area contributed by atoms with E-state index >= 15 is 0 Å². The summed E-state index contributed by atoms with van der Waals surface area (Å²) in [4.78, 5) is 13.9. The summed E-state index contributed by atoms with van der Waals surface area (Å²) in [6, 6.07) is 10.2. The summed E-state index contributed by atoms with van der Waals surface area (Å²) in [7, 11) is 0. The molecule has 0 aliphatic carbocycles. The largest absolute Gasteiger partial charge is 0.338 e. The molecule has 1 atom stereocenters. The molecule has 0 spiro atoms. The second kappa shape index (κ2) is 5.15. The van der Waals surface area contributed by atoms with Gasteiger partial charge in [-0.1, -0.05) is 43.7 Å². The van der Waals surface area contributed by atoms with E-state index < -0.39 is 0 Å². The quantitative estimate of drug-likeness (QED) is 0.762. The van der Waals surface area contributed by atoms with Crippen LogP contribution < -0.4 is 0 Å². The van der Waals surface area contributed by atoms with E-state index in [0.717, 1.165) is 32.4 Å². The molecule has 2 heteroatoms. The number of benzene rings is 1. The fourth-order valence-electron chi connectivity index (χ4n) is 2.26. The molecular weight excluding hydrogens is 198 g/mol. The SMILES string of the molecule is CCC1CCN(Cc2ccccc2)C(=O)C1. The first-order valence-corrected chi connectivity index (χ1v) is 6.11. The predicted octanol–water partition coefficient (Wildman–Crippen LogP) is 2.84. The van der Waals surface area contributed by atoms with Crippen molar-refractivity contribution >= 4 is 5.91 Å². The van der Waals surface area contributed by atoms with Crippen LogP contribution in [0, 0.1) is 5.92 Å². The molecule has 1 aromatic rings. The lowest BCUT2D eigenvalue weighted by molar-refractivity contribution is -0.135. The number of amides is 1. The third kappa shape index (κ3) is 2.63. The van der Waals surface area contributed by atoms with E-state index in [4.69, 9.17) is 0 Å². The molecule has 0 bridgehead atoms. The summed E-state index contributed by atoms with van der Waals surface area (Å²) in [5.41, 5.74) is 1.23. The van der Waals surface area contributed by atoms with Crippen LogP contribution >= 0.6 is 0 Å². The Morgan fingerprint density at radius 1 is 1.31 bits per heavy atom. The number of carbonyl (C=O) groups is 1. The first-order chi connectivity index (χ1) is 7.79. The molecule has 0 aromatic heterocycles. The number of hydrogen-bond acceptors (Lipinski definition) is 1. The zero-order chi connectivity index (χ0) is 11.4. The summed E-state index contributed by atoms with van der Waals surface area (Å²) >= 11 is 0. The number of nitrogens with zero attached hydrogens (tertiary/aromatic N) is 1. The highest BCUT2D eigenvalue weighted by molar-refractivity contribution is 5.77. The second-order valence-corrected chi connectivity index (χ2v) is 4.57. The van der Waals surface area contributed by atoms with Gasteiger partial charge in [0.25, 0.3) is 0 Å². The van der Waals surface area contributed by atoms with Gasteiger partial charge in [0.05, 0.1) is 0 Å². The van der Waals surface area contributed by atoms with Crippen molar-refractivity contribution in [2.75, 3.05) is 6.54 Å². The maximum absolute atomic E-state index is 11.9. The molecule has 1 aliphatic rings. The molecule has 1 aromatic carbocycles. The van der Waals surface area contributed by atoms with Crippen molar-refractivity contribution in [1.82, 2.24) is 4.90 Å². The highest BCUT2D eigenvalue weighted by Gasteiger charge is 2.24. The Kier molecular flexibility index (Phi) is 3.60. The van der Waals surface area contributed by atoms with Crippen molar-refractivity contribution in [3.05, 3.63) is 35.9 Å². The number of piperidine rings is 1. The Labute approximate surface area is 97.3 Å². The first-order valence-electron chi connectivity index (χ1n) is 6.11. The maximum Gasteiger partial charge on any atom is 0.223 e. The zero-order valence-corrected chi connectivity index (χ0v) is 9.86. The Balaban J connectivity index is 1.94. The van der Waals surface area contributed by atoms with Crippen LogP contribution in [0.15, 0.2) is 30.3 Å². The van der Waals surface area contributed by atoms with Crippen molar-refractivity contribution in [3.8, 4) is 0 Å². The van der Waals surface area contributed by atoms with Crippen LogP contribution in [0.25, 0.3) is 0 Å². The molecule has 0 radical (unpaired) electrons. The van der Waals surface area contributed by atoms with Gasteiger partial charge in [0.2, 0.25) is 5.91 Å². The van der Waals surface area contributed by atoms with Gasteiger partial charge in [-0.15, -0.1) is 0 Å². The molecule has 1 amide bonds. The summed E-state index contributed by atoms with van der Waals surface area (Å²) in [6.07, 6.45) is 3.03. The van der Waals surface area contributed by atoms with Crippen molar-refractivity contribution in [1.29, 1.82) is 0 Å². The summed E-state index contributed by atoms with van der Waals surface area (Å²) in [5.74, 6) is 0.932. The van der Waals surface area contributed by atoms with E-state index in [-0.39, 0.29) is 0 Å². The molecule has 1 aliphatic heterocycles. The number of likely N-dealkylation sites (tertiary alicyclic amines) is 1. The lowest BCUT2D eigenvalue weighted by Crippen LogP contribution is -2.38. The van der Waals surface area contributed by atoms with Gasteiger partial charge in [-0.2, -0.15) is 0 Å². The van der Waals surface area contributed by atoms with Gasteiger partial charge < -0.3 is 4.90 Å². The molecule has 2 rings (SSSR count). The van der Waals surface area contributed by atoms with Gasteiger partial charge in [-0.3, -0.25) is 4.79 Å². The van der Waals surface area contributed by atoms with Crippen LogP contribution in [0.4, 0.5) is 0 Å². The first kappa shape index (κ1) is 11.2. The topological polar surface area (TPSA) is 20.3 Å². The van der Waals surface area contributed by atoms with Gasteiger partial charge in [-0.25, -0.2) is 0 Å². The molecular formula is C14H19NO. The van der Waals surface area contributed by atoms with E-state index in [2.05, 4.69) is 19.1 Å². The van der Waals surface area contributed by atoms with Gasteiger partial charge >= 0.3 is 0 Å². The molecule has 1 heterocycles. The fourth-order valence-corrected chi connectivity index (χ4v) is 2.26. The average Bonchev–Trinajstić information content (AvgIpc) is 2.33. The minimum absolute atomic E-state index is 0.321. The number of hydrogen-bond donors (Lipinski definition) is 0. The lowest BCUT2D eigenvalue weighted by atomic mass is 9.93. The van der Waals surface area contributed by atoms with E-state index in [1.54, 1.807) is 0 Å². The van der Waals surface area contributed by atoms with Gasteiger partial charge in [0.15, 0.2) is 0 Å². The van der Waals surface area contributed by atoms with Crippen LogP contribution in [-0.4, -0.2) is 17.4 Å². The highest BCUT2D eigenvalue weighted by atomic mass is 16.2. The lowest BCUT2D eigenvalue weighted by Gasteiger charge is -2.31. The fraction of sp³-hybridized carbons (Fsp3) is 0.500. The van der Waals surface area contributed by atoms with Crippen LogP contribution in [-0.2, 0) is 11.3 Å². The third-order valence-electron chi connectivity index (χ3n) is 3.42. The van der Waals surface area contributed by atoms with E-state index in [9.17, 15) is 4.79 Å². The predicted molar refractivity (Wildman–Crippen MR) is 64.9 cm³/mol. The molecule has 1 fully saturated rings. The summed E-state index contributed by atoms with van der Waals surface area (Å²) < 4.78 is 0. The van der Waals surface area contributed by atoms with E-state index in [0.29, 0.717) is 11.8 Å². The Morgan fingerprint density at radius 2 is 2.06 bits per heavy atom. The van der Waals surface area contributed by atoms with Crippen molar-refractivity contribution < 1.29 is 4.79 Å². The van der Waals surface area contributed by atoms with Crippen LogP contribution in [0.2, 0.25) is 0 Å². The van der Waals surface area contributed by atoms with Crippen molar-refractivity contribution in [2.24, 2.45) is 5.92 Å². The minimum Gasteiger partial charge on any atom is -0.338 e. The molecule has 0 saturated carbocycles. The second-order valence-electron chi connectivity index (χ2n) is 4.57. The van der Waals surface area contributed by atoms with Crippen LogP contribution in [0.5, 0.6) is 0 Å². The normalized spacial score (nSPS) is 21.2. The Bertz CT molecular complexity index is 347. The molecule has 1 unspecified atom stereocenters. The highest BCUT2D eigenvalue weighted by Crippen LogP contribution is 2.22. The third-order valence-corrected chi connectivity index (χ3v) is 3.42. The van der Waals surface area contributed by atoms with Crippen LogP contribution in [0.3, 0.4) is 0 Å². The smallest absolute Gasteiger partial charge is 0.223 e. The molecule has 0 N–H and O–H groups in total. The maximum atomic E-state index is 11.9. The zero-order valence-electron chi connectivity index (χ0n) is 9.86. The van der Waals surface area contributed by atoms with E-state index in [1.807, 2.05) is 23.1 Å². The summed E-state index contributed by atoms with van der Waals surface area (Å²) in [5, 5.41) is 0. The number of rotatable bonds is 3. The molecule has 16 heavy (non-hydrogen) atoms. The van der Waals surface area contributed by atoms with E-state index in [1.165, 1.54) is 5.56 Å².